The molecular formula is C9H14N2O4. The minimum absolute atomic E-state index is 0.162. The molecule has 1 aliphatic rings. The molecule has 1 aliphatic heterocycles. The van der Waals surface area contributed by atoms with E-state index in [0.717, 1.165) is 4.90 Å². The first-order chi connectivity index (χ1) is 6.93. The maximum atomic E-state index is 11.7. The van der Waals surface area contributed by atoms with Crippen molar-refractivity contribution in [2.45, 2.75) is 31.8 Å². The average molecular weight is 214 g/mol. The molecule has 0 saturated carbocycles. The lowest BCUT2D eigenvalue weighted by Gasteiger charge is -2.24. The molecule has 0 aromatic rings. The summed E-state index contributed by atoms with van der Waals surface area (Å²) in [6.45, 7) is 1.43. The highest BCUT2D eigenvalue weighted by Crippen LogP contribution is 2.10. The third-order valence-corrected chi connectivity index (χ3v) is 2.58. The summed E-state index contributed by atoms with van der Waals surface area (Å²) >= 11 is 0. The van der Waals surface area contributed by atoms with Gasteiger partial charge in [0.25, 0.3) is 0 Å². The molecule has 0 aromatic carbocycles. The largest absolute Gasteiger partial charge is 0.480 e. The predicted molar refractivity (Wildman–Crippen MR) is 51.0 cm³/mol. The number of carboxylic acids is 1. The lowest BCUT2D eigenvalue weighted by Crippen LogP contribution is -2.48. The van der Waals surface area contributed by atoms with Gasteiger partial charge in [-0.3, -0.25) is 9.59 Å². The van der Waals surface area contributed by atoms with Crippen LogP contribution in [0.3, 0.4) is 0 Å². The van der Waals surface area contributed by atoms with Crippen molar-refractivity contribution in [2.75, 3.05) is 7.05 Å². The standard InChI is InChI=1S/C9H14N2O4/c1-5(9(14)15)11(2)8(13)6-3-4-7(12)10-6/h5-6H,3-4H2,1-2H3,(H,10,12)(H,14,15)/t5?,6-/m0/s1. The lowest BCUT2D eigenvalue weighted by atomic mass is 10.2. The van der Waals surface area contributed by atoms with Crippen LogP contribution in [0.4, 0.5) is 0 Å². The van der Waals surface area contributed by atoms with Gasteiger partial charge in [-0.1, -0.05) is 0 Å². The van der Waals surface area contributed by atoms with E-state index in [1.807, 2.05) is 0 Å². The van der Waals surface area contributed by atoms with Crippen molar-refractivity contribution in [2.24, 2.45) is 0 Å². The Kier molecular flexibility index (Phi) is 3.28. The Labute approximate surface area is 87.2 Å². The van der Waals surface area contributed by atoms with Crippen molar-refractivity contribution < 1.29 is 19.5 Å². The maximum Gasteiger partial charge on any atom is 0.326 e. The number of aliphatic carboxylic acids is 1. The van der Waals surface area contributed by atoms with Crippen LogP contribution in [0.2, 0.25) is 0 Å². The van der Waals surface area contributed by atoms with Gasteiger partial charge >= 0.3 is 5.97 Å². The zero-order valence-corrected chi connectivity index (χ0v) is 8.69. The van der Waals surface area contributed by atoms with Crippen LogP contribution in [0, 0.1) is 0 Å². The molecule has 84 valence electrons. The molecule has 2 N–H and O–H groups in total. The van der Waals surface area contributed by atoms with E-state index in [1.165, 1.54) is 14.0 Å². The average Bonchev–Trinajstić information content (AvgIpc) is 2.61. The molecule has 0 radical (unpaired) electrons. The molecule has 2 amide bonds. The minimum Gasteiger partial charge on any atom is -0.480 e. The molecule has 1 heterocycles. The molecule has 0 spiro atoms. The number of hydrogen-bond donors (Lipinski definition) is 2. The minimum atomic E-state index is -1.06. The molecular weight excluding hydrogens is 200 g/mol. The van der Waals surface area contributed by atoms with Crippen molar-refractivity contribution in [3.8, 4) is 0 Å². The lowest BCUT2D eigenvalue weighted by molar-refractivity contribution is -0.149. The second-order valence-corrected chi connectivity index (χ2v) is 3.62. The summed E-state index contributed by atoms with van der Waals surface area (Å²) in [6, 6.07) is -1.45. The smallest absolute Gasteiger partial charge is 0.326 e. The molecule has 1 saturated heterocycles. The van der Waals surface area contributed by atoms with E-state index < -0.39 is 18.1 Å². The number of carboxylic acid groups (broad SMARTS) is 1. The second-order valence-electron chi connectivity index (χ2n) is 3.62. The number of nitrogens with zero attached hydrogens (tertiary/aromatic N) is 1. The van der Waals surface area contributed by atoms with E-state index in [2.05, 4.69) is 5.32 Å². The third-order valence-electron chi connectivity index (χ3n) is 2.58. The Hall–Kier alpha value is -1.59. The Morgan fingerprint density at radius 2 is 2.20 bits per heavy atom. The van der Waals surface area contributed by atoms with Gasteiger partial charge in [-0.15, -0.1) is 0 Å². The summed E-state index contributed by atoms with van der Waals surface area (Å²) in [7, 11) is 1.42. The van der Waals surface area contributed by atoms with Crippen LogP contribution >= 0.6 is 0 Å². The van der Waals surface area contributed by atoms with Gasteiger partial charge in [-0.05, 0) is 13.3 Å². The first kappa shape index (κ1) is 11.5. The highest BCUT2D eigenvalue weighted by atomic mass is 16.4. The van der Waals surface area contributed by atoms with Crippen molar-refractivity contribution in [3.63, 3.8) is 0 Å². The van der Waals surface area contributed by atoms with E-state index in [0.29, 0.717) is 12.8 Å². The Morgan fingerprint density at radius 1 is 1.60 bits per heavy atom. The van der Waals surface area contributed by atoms with Crippen molar-refractivity contribution in [3.05, 3.63) is 0 Å². The first-order valence-electron chi connectivity index (χ1n) is 4.72. The Morgan fingerprint density at radius 3 is 2.60 bits per heavy atom. The van der Waals surface area contributed by atoms with Crippen LogP contribution in [0.1, 0.15) is 19.8 Å². The molecule has 6 heteroatoms. The molecule has 15 heavy (non-hydrogen) atoms. The van der Waals surface area contributed by atoms with E-state index in [9.17, 15) is 14.4 Å². The highest BCUT2D eigenvalue weighted by molar-refractivity contribution is 5.92. The number of carbonyl (C=O) groups is 3. The number of carbonyl (C=O) groups excluding carboxylic acids is 2. The van der Waals surface area contributed by atoms with Gasteiger partial charge in [0.1, 0.15) is 12.1 Å². The molecule has 2 atom stereocenters. The van der Waals surface area contributed by atoms with Crippen LogP contribution in [0.5, 0.6) is 0 Å². The quantitative estimate of drug-likeness (QED) is 0.643. The van der Waals surface area contributed by atoms with Crippen molar-refractivity contribution in [1.82, 2.24) is 10.2 Å². The van der Waals surface area contributed by atoms with Gasteiger partial charge in [0.15, 0.2) is 0 Å². The SMILES string of the molecule is CC(C(=O)O)N(C)C(=O)[C@@H]1CCC(=O)N1. The fourth-order valence-electron chi connectivity index (χ4n) is 1.40. The number of amides is 2. The normalized spacial score (nSPS) is 22.0. The summed E-state index contributed by atoms with van der Waals surface area (Å²) < 4.78 is 0. The number of rotatable bonds is 3. The van der Waals surface area contributed by atoms with Gasteiger partial charge in [-0.2, -0.15) is 0 Å². The van der Waals surface area contributed by atoms with Crippen LogP contribution in [0.15, 0.2) is 0 Å². The monoisotopic (exact) mass is 214 g/mol. The van der Waals surface area contributed by atoms with Gasteiger partial charge in [0.2, 0.25) is 11.8 Å². The van der Waals surface area contributed by atoms with Gasteiger partial charge in [-0.25, -0.2) is 4.79 Å². The zero-order chi connectivity index (χ0) is 11.6. The summed E-state index contributed by atoms with van der Waals surface area (Å²) in [5.74, 6) is -1.57. The number of nitrogens with one attached hydrogen (secondary N) is 1. The number of likely N-dealkylation sites (N-methyl/N-ethyl adjacent to an activating group) is 1. The summed E-state index contributed by atoms with van der Waals surface area (Å²) in [6.07, 6.45) is 0.764. The molecule has 0 aromatic heterocycles. The van der Waals surface area contributed by atoms with E-state index >= 15 is 0 Å². The molecule has 6 nitrogen and oxygen atoms in total. The molecule has 0 aliphatic carbocycles. The van der Waals surface area contributed by atoms with E-state index in [4.69, 9.17) is 5.11 Å². The fraction of sp³-hybridized carbons (Fsp3) is 0.667. The number of hydrogen-bond acceptors (Lipinski definition) is 3. The van der Waals surface area contributed by atoms with Crippen LogP contribution in [-0.2, 0) is 14.4 Å². The van der Waals surface area contributed by atoms with Crippen LogP contribution in [0.25, 0.3) is 0 Å². The predicted octanol–water partition coefficient (Wildman–Crippen LogP) is -0.803. The first-order valence-corrected chi connectivity index (χ1v) is 4.72. The summed E-state index contributed by atoms with van der Waals surface area (Å²) in [5.41, 5.74) is 0. The molecule has 1 rings (SSSR count). The summed E-state index contributed by atoms with van der Waals surface area (Å²) in [5, 5.41) is 11.2. The maximum absolute atomic E-state index is 11.7. The Bertz CT molecular complexity index is 302. The van der Waals surface area contributed by atoms with Crippen LogP contribution < -0.4 is 5.32 Å². The highest BCUT2D eigenvalue weighted by Gasteiger charge is 2.32. The second kappa shape index (κ2) is 4.29. The summed E-state index contributed by atoms with van der Waals surface area (Å²) in [4.78, 5) is 34.4. The third kappa shape index (κ3) is 2.45. The molecule has 1 unspecified atom stereocenters. The molecule has 0 bridgehead atoms. The molecule has 1 fully saturated rings. The van der Waals surface area contributed by atoms with Gasteiger partial charge < -0.3 is 15.3 Å². The van der Waals surface area contributed by atoms with E-state index in [1.54, 1.807) is 0 Å². The van der Waals surface area contributed by atoms with Gasteiger partial charge in [0, 0.05) is 13.5 Å². The fourth-order valence-corrected chi connectivity index (χ4v) is 1.40. The van der Waals surface area contributed by atoms with Gasteiger partial charge in [0.05, 0.1) is 0 Å². The zero-order valence-electron chi connectivity index (χ0n) is 8.69. The van der Waals surface area contributed by atoms with Crippen molar-refractivity contribution >= 4 is 17.8 Å². The topological polar surface area (TPSA) is 86.7 Å². The van der Waals surface area contributed by atoms with Crippen LogP contribution in [-0.4, -0.2) is 46.9 Å². The van der Waals surface area contributed by atoms with Crippen molar-refractivity contribution in [1.29, 1.82) is 0 Å². The Balaban J connectivity index is 2.60. The van der Waals surface area contributed by atoms with E-state index in [-0.39, 0.29) is 11.8 Å².